The van der Waals surface area contributed by atoms with E-state index in [0.717, 1.165) is 0 Å². The van der Waals surface area contributed by atoms with Crippen molar-refractivity contribution in [2.45, 2.75) is 20.3 Å². The van der Waals surface area contributed by atoms with Gasteiger partial charge in [0.2, 0.25) is 5.91 Å². The molecule has 0 aromatic heterocycles. The maximum Gasteiger partial charge on any atom is 0.251 e. The van der Waals surface area contributed by atoms with Gasteiger partial charge < -0.3 is 20.1 Å². The molecule has 0 aliphatic carbocycles. The molecule has 0 aliphatic rings. The van der Waals surface area contributed by atoms with E-state index in [1.807, 2.05) is 13.8 Å². The zero-order valence-electron chi connectivity index (χ0n) is 13.6. The van der Waals surface area contributed by atoms with E-state index < -0.39 is 0 Å². The smallest absolute Gasteiger partial charge is 0.251 e. The highest BCUT2D eigenvalue weighted by molar-refractivity contribution is 5.94. The maximum atomic E-state index is 12.0. The lowest BCUT2D eigenvalue weighted by Gasteiger charge is -2.10. The molecule has 0 saturated heterocycles. The third-order valence-electron chi connectivity index (χ3n) is 2.97. The first-order valence-electron chi connectivity index (χ1n) is 7.24. The molecule has 0 aliphatic heterocycles. The Balaban J connectivity index is 2.44. The number of carbonyl (C=O) groups excluding carboxylic acids is 2. The molecule has 0 atom stereocenters. The summed E-state index contributed by atoms with van der Waals surface area (Å²) in [5, 5.41) is 5.51. The van der Waals surface area contributed by atoms with Crippen LogP contribution in [0.25, 0.3) is 0 Å². The number of carbonyl (C=O) groups is 2. The Hall–Kier alpha value is -2.24. The van der Waals surface area contributed by atoms with Crippen molar-refractivity contribution in [1.29, 1.82) is 0 Å². The number of rotatable bonds is 8. The van der Waals surface area contributed by atoms with Crippen molar-refractivity contribution < 1.29 is 19.1 Å². The van der Waals surface area contributed by atoms with Crippen molar-refractivity contribution in [1.82, 2.24) is 10.6 Å². The summed E-state index contributed by atoms with van der Waals surface area (Å²) in [7, 11) is 3.06. The van der Waals surface area contributed by atoms with Crippen LogP contribution >= 0.6 is 0 Å². The van der Waals surface area contributed by atoms with Crippen LogP contribution in [0.15, 0.2) is 18.2 Å². The van der Waals surface area contributed by atoms with E-state index in [4.69, 9.17) is 9.47 Å². The van der Waals surface area contributed by atoms with Gasteiger partial charge in [0.05, 0.1) is 14.2 Å². The molecule has 0 spiro atoms. The highest BCUT2D eigenvalue weighted by Gasteiger charge is 2.10. The molecule has 6 nitrogen and oxygen atoms in total. The molecule has 0 radical (unpaired) electrons. The summed E-state index contributed by atoms with van der Waals surface area (Å²) >= 11 is 0. The highest BCUT2D eigenvalue weighted by atomic mass is 16.5. The zero-order valence-corrected chi connectivity index (χ0v) is 13.6. The Labute approximate surface area is 131 Å². The summed E-state index contributed by atoms with van der Waals surface area (Å²) in [6.45, 7) is 4.75. The monoisotopic (exact) mass is 308 g/mol. The molecular formula is C16H24N2O4. The number of hydrogen-bond donors (Lipinski definition) is 2. The molecule has 0 fully saturated rings. The Bertz CT molecular complexity index is 515. The molecule has 6 heteroatoms. The molecule has 1 aromatic rings. The van der Waals surface area contributed by atoms with Crippen molar-refractivity contribution in [2.24, 2.45) is 5.92 Å². The van der Waals surface area contributed by atoms with Gasteiger partial charge in [-0.1, -0.05) is 13.8 Å². The molecule has 22 heavy (non-hydrogen) atoms. The van der Waals surface area contributed by atoms with E-state index in [0.29, 0.717) is 42.5 Å². The third-order valence-corrected chi connectivity index (χ3v) is 2.97. The van der Waals surface area contributed by atoms with E-state index in [2.05, 4.69) is 10.6 Å². The number of methoxy groups -OCH3 is 2. The Morgan fingerprint density at radius 2 is 1.68 bits per heavy atom. The first-order chi connectivity index (χ1) is 10.5. The van der Waals surface area contributed by atoms with Crippen LogP contribution in [-0.4, -0.2) is 39.1 Å². The molecule has 0 heterocycles. The predicted molar refractivity (Wildman–Crippen MR) is 84.3 cm³/mol. The fraction of sp³-hybridized carbons (Fsp3) is 0.500. The van der Waals surface area contributed by atoms with Gasteiger partial charge in [-0.25, -0.2) is 0 Å². The summed E-state index contributed by atoms with van der Waals surface area (Å²) in [5.74, 6) is 1.16. The van der Waals surface area contributed by atoms with Crippen LogP contribution in [0.4, 0.5) is 0 Å². The minimum atomic E-state index is -0.223. The molecular weight excluding hydrogens is 284 g/mol. The minimum absolute atomic E-state index is 0.00429. The van der Waals surface area contributed by atoms with E-state index in [9.17, 15) is 9.59 Å². The van der Waals surface area contributed by atoms with Gasteiger partial charge in [0.25, 0.3) is 5.91 Å². The zero-order chi connectivity index (χ0) is 16.5. The molecule has 0 bridgehead atoms. The second-order valence-electron chi connectivity index (χ2n) is 5.27. The average molecular weight is 308 g/mol. The Morgan fingerprint density at radius 3 is 2.27 bits per heavy atom. The van der Waals surface area contributed by atoms with Crippen molar-refractivity contribution in [3.05, 3.63) is 23.8 Å². The molecule has 2 amide bonds. The maximum absolute atomic E-state index is 12.0. The van der Waals surface area contributed by atoms with E-state index in [1.165, 1.54) is 14.2 Å². The van der Waals surface area contributed by atoms with Gasteiger partial charge in [-0.3, -0.25) is 9.59 Å². The van der Waals surface area contributed by atoms with Crippen LogP contribution in [-0.2, 0) is 4.79 Å². The van der Waals surface area contributed by atoms with Gasteiger partial charge in [0, 0.05) is 25.1 Å². The van der Waals surface area contributed by atoms with E-state index >= 15 is 0 Å². The second-order valence-corrected chi connectivity index (χ2v) is 5.27. The Kier molecular flexibility index (Phi) is 7.22. The lowest BCUT2D eigenvalue weighted by molar-refractivity contribution is -0.121. The first-order valence-corrected chi connectivity index (χ1v) is 7.24. The van der Waals surface area contributed by atoms with Gasteiger partial charge in [0.1, 0.15) is 0 Å². The molecule has 1 aromatic carbocycles. The molecule has 1 rings (SSSR count). The fourth-order valence-corrected chi connectivity index (χ4v) is 1.90. The average Bonchev–Trinajstić information content (AvgIpc) is 2.49. The lowest BCUT2D eigenvalue weighted by atomic mass is 10.1. The van der Waals surface area contributed by atoms with Crippen LogP contribution in [0, 0.1) is 5.92 Å². The van der Waals surface area contributed by atoms with Crippen molar-refractivity contribution >= 4 is 11.8 Å². The third kappa shape index (κ3) is 5.63. The normalized spacial score (nSPS) is 10.2. The van der Waals surface area contributed by atoms with Crippen LogP contribution in [0.3, 0.4) is 0 Å². The van der Waals surface area contributed by atoms with Crippen LogP contribution < -0.4 is 20.1 Å². The predicted octanol–water partition coefficient (Wildman–Crippen LogP) is 1.60. The topological polar surface area (TPSA) is 76.7 Å². The molecule has 122 valence electrons. The number of benzene rings is 1. The second kappa shape index (κ2) is 8.92. The lowest BCUT2D eigenvalue weighted by Crippen LogP contribution is -2.35. The molecule has 2 N–H and O–H groups in total. The number of ether oxygens (including phenoxy) is 2. The SMILES string of the molecule is COc1ccc(C(=O)NCCNC(=O)CC(C)C)cc1OC. The quantitative estimate of drug-likeness (QED) is 0.715. The summed E-state index contributed by atoms with van der Waals surface area (Å²) in [5.41, 5.74) is 0.478. The van der Waals surface area contributed by atoms with Crippen molar-refractivity contribution in [3.63, 3.8) is 0 Å². The van der Waals surface area contributed by atoms with Crippen LogP contribution in [0.5, 0.6) is 11.5 Å². The largest absolute Gasteiger partial charge is 0.493 e. The highest BCUT2D eigenvalue weighted by Crippen LogP contribution is 2.27. The summed E-state index contributed by atoms with van der Waals surface area (Å²) in [6.07, 6.45) is 0.490. The molecule has 0 saturated carbocycles. The first kappa shape index (κ1) is 17.8. The van der Waals surface area contributed by atoms with E-state index in [1.54, 1.807) is 18.2 Å². The van der Waals surface area contributed by atoms with Crippen molar-refractivity contribution in [2.75, 3.05) is 27.3 Å². The van der Waals surface area contributed by atoms with E-state index in [-0.39, 0.29) is 11.8 Å². The summed E-state index contributed by atoms with van der Waals surface area (Å²) in [4.78, 5) is 23.5. The minimum Gasteiger partial charge on any atom is -0.493 e. The van der Waals surface area contributed by atoms with Gasteiger partial charge in [-0.2, -0.15) is 0 Å². The van der Waals surface area contributed by atoms with Gasteiger partial charge in [-0.05, 0) is 24.1 Å². The van der Waals surface area contributed by atoms with Gasteiger partial charge in [0.15, 0.2) is 11.5 Å². The summed E-state index contributed by atoms with van der Waals surface area (Å²) < 4.78 is 10.3. The summed E-state index contributed by atoms with van der Waals surface area (Å²) in [6, 6.07) is 4.96. The fourth-order valence-electron chi connectivity index (χ4n) is 1.90. The number of nitrogens with one attached hydrogen (secondary N) is 2. The van der Waals surface area contributed by atoms with Crippen molar-refractivity contribution in [3.8, 4) is 11.5 Å². The van der Waals surface area contributed by atoms with Gasteiger partial charge >= 0.3 is 0 Å². The molecule has 0 unspecified atom stereocenters. The Morgan fingerprint density at radius 1 is 1.05 bits per heavy atom. The standard InChI is InChI=1S/C16H24N2O4/c1-11(2)9-15(19)17-7-8-18-16(20)12-5-6-13(21-3)14(10-12)22-4/h5-6,10-11H,7-9H2,1-4H3,(H,17,19)(H,18,20). The van der Waals surface area contributed by atoms with Crippen LogP contribution in [0.2, 0.25) is 0 Å². The van der Waals surface area contributed by atoms with Crippen LogP contribution in [0.1, 0.15) is 30.6 Å². The number of amides is 2. The number of hydrogen-bond acceptors (Lipinski definition) is 4. The van der Waals surface area contributed by atoms with Gasteiger partial charge in [-0.15, -0.1) is 0 Å².